The summed E-state index contributed by atoms with van der Waals surface area (Å²) in [4.78, 5) is 23.4. The Hall–Kier alpha value is -2.84. The number of carbonyl (C=O) groups excluding carboxylic acids is 1. The van der Waals surface area contributed by atoms with Crippen LogP contribution in [0, 0.1) is 5.92 Å². The summed E-state index contributed by atoms with van der Waals surface area (Å²) in [7, 11) is 0. The number of hydrogen-bond acceptors (Lipinski definition) is 6. The summed E-state index contributed by atoms with van der Waals surface area (Å²) in [6.45, 7) is 7.41. The van der Waals surface area contributed by atoms with Crippen molar-refractivity contribution >= 4 is 38.4 Å². The quantitative estimate of drug-likeness (QED) is 0.469. The number of likely N-dealkylation sites (tertiary alicyclic amines) is 1. The predicted molar refractivity (Wildman–Crippen MR) is 122 cm³/mol. The van der Waals surface area contributed by atoms with Gasteiger partial charge in [-0.25, -0.2) is 15.2 Å². The molecule has 4 rings (SSSR count). The average molecular weight is 423 g/mol. The van der Waals surface area contributed by atoms with Crippen molar-refractivity contribution in [3.63, 3.8) is 0 Å². The number of rotatable bonds is 5. The van der Waals surface area contributed by atoms with Crippen LogP contribution in [0.4, 0.5) is 9.93 Å². The Morgan fingerprint density at radius 1 is 1.27 bits per heavy atom. The molecule has 30 heavy (non-hydrogen) atoms. The van der Waals surface area contributed by atoms with Crippen LogP contribution < -0.4 is 10.7 Å². The first-order chi connectivity index (χ1) is 14.6. The van der Waals surface area contributed by atoms with Gasteiger partial charge in [0.05, 0.1) is 21.6 Å². The number of aromatic nitrogens is 2. The van der Waals surface area contributed by atoms with Gasteiger partial charge >= 0.3 is 6.03 Å². The Balaban J connectivity index is 1.37. The number of thiazole rings is 1. The molecule has 0 saturated carbocycles. The van der Waals surface area contributed by atoms with Crippen molar-refractivity contribution in [1.29, 1.82) is 0 Å². The first-order valence-corrected chi connectivity index (χ1v) is 11.0. The number of piperidine rings is 1. The van der Waals surface area contributed by atoms with Crippen LogP contribution in [0.25, 0.3) is 10.2 Å². The second-order valence-corrected chi connectivity index (χ2v) is 8.79. The number of amides is 2. The maximum absolute atomic E-state index is 12.2. The molecular weight excluding hydrogens is 396 g/mol. The van der Waals surface area contributed by atoms with Gasteiger partial charge in [0.15, 0.2) is 5.13 Å². The number of hydrogen-bond donors (Lipinski definition) is 2. The minimum Gasteiger partial charge on any atom is -0.299 e. The molecule has 8 heteroatoms. The second kappa shape index (κ2) is 9.32. The van der Waals surface area contributed by atoms with Crippen LogP contribution in [0.3, 0.4) is 0 Å². The lowest BCUT2D eigenvalue weighted by atomic mass is 9.99. The number of urea groups is 1. The molecular formula is C22H26N6OS. The molecule has 7 nitrogen and oxygen atoms in total. The average Bonchev–Trinajstić information content (AvgIpc) is 3.15. The van der Waals surface area contributed by atoms with E-state index in [0.29, 0.717) is 16.5 Å². The van der Waals surface area contributed by atoms with E-state index in [0.717, 1.165) is 35.8 Å². The maximum atomic E-state index is 12.2. The summed E-state index contributed by atoms with van der Waals surface area (Å²) in [6, 6.07) is 11.5. The molecule has 0 unspecified atom stereocenters. The van der Waals surface area contributed by atoms with Gasteiger partial charge in [-0.1, -0.05) is 30.4 Å². The van der Waals surface area contributed by atoms with Gasteiger partial charge < -0.3 is 0 Å². The SMILES string of the molecule is C/C(=N\NC(=O)Nc1nc2ccc(CN3CCC(C)CC3)cc2s1)c1ccccn1. The largest absolute Gasteiger partial charge is 0.341 e. The lowest BCUT2D eigenvalue weighted by Gasteiger charge is -2.30. The van der Waals surface area contributed by atoms with E-state index in [9.17, 15) is 4.79 Å². The van der Waals surface area contributed by atoms with E-state index in [1.165, 1.54) is 29.7 Å². The predicted octanol–water partition coefficient (Wildman–Crippen LogP) is 4.47. The van der Waals surface area contributed by atoms with Crippen LogP contribution >= 0.6 is 11.3 Å². The second-order valence-electron chi connectivity index (χ2n) is 7.76. The van der Waals surface area contributed by atoms with Crippen LogP contribution in [0.15, 0.2) is 47.7 Å². The van der Waals surface area contributed by atoms with Gasteiger partial charge in [0, 0.05) is 12.7 Å². The molecule has 2 aromatic heterocycles. The third-order valence-corrected chi connectivity index (χ3v) is 6.25. The Labute approximate surface area is 180 Å². The molecule has 0 aliphatic carbocycles. The van der Waals surface area contributed by atoms with E-state index in [2.05, 4.69) is 49.8 Å². The Morgan fingerprint density at radius 3 is 2.87 bits per heavy atom. The van der Waals surface area contributed by atoms with E-state index in [1.54, 1.807) is 13.1 Å². The van der Waals surface area contributed by atoms with Crippen molar-refractivity contribution in [2.24, 2.45) is 11.0 Å². The zero-order valence-electron chi connectivity index (χ0n) is 17.3. The molecule has 0 atom stereocenters. The normalized spacial score (nSPS) is 16.0. The van der Waals surface area contributed by atoms with Crippen molar-refractivity contribution in [3.05, 3.63) is 53.9 Å². The zero-order valence-corrected chi connectivity index (χ0v) is 18.1. The summed E-state index contributed by atoms with van der Waals surface area (Å²) in [6.07, 6.45) is 4.23. The topological polar surface area (TPSA) is 82.5 Å². The highest BCUT2D eigenvalue weighted by Crippen LogP contribution is 2.28. The van der Waals surface area contributed by atoms with Gasteiger partial charge in [0.25, 0.3) is 0 Å². The molecule has 1 aliphatic heterocycles. The fourth-order valence-electron chi connectivity index (χ4n) is 3.49. The standard InChI is InChI=1S/C22H26N6OS/c1-15-8-11-28(12-9-15)14-17-6-7-19-20(13-17)30-22(24-19)25-21(29)27-26-16(2)18-5-3-4-10-23-18/h3-7,10,13,15H,8-9,11-12,14H2,1-2H3,(H2,24,25,27,29)/b26-16+. The summed E-state index contributed by atoms with van der Waals surface area (Å²) in [5, 5.41) is 7.41. The number of carbonyl (C=O) groups is 1. The number of benzene rings is 1. The highest BCUT2D eigenvalue weighted by molar-refractivity contribution is 7.22. The van der Waals surface area contributed by atoms with E-state index in [1.807, 2.05) is 24.3 Å². The van der Waals surface area contributed by atoms with Crippen LogP contribution in [0.5, 0.6) is 0 Å². The van der Waals surface area contributed by atoms with Gasteiger partial charge in [-0.05, 0) is 68.6 Å². The first kappa shape index (κ1) is 20.4. The zero-order chi connectivity index (χ0) is 20.9. The highest BCUT2D eigenvalue weighted by atomic mass is 32.1. The summed E-state index contributed by atoms with van der Waals surface area (Å²) < 4.78 is 1.07. The minimum atomic E-state index is -0.424. The van der Waals surface area contributed by atoms with E-state index in [-0.39, 0.29) is 0 Å². The number of hydrazone groups is 1. The van der Waals surface area contributed by atoms with Crippen LogP contribution in [-0.4, -0.2) is 39.7 Å². The lowest BCUT2D eigenvalue weighted by Crippen LogP contribution is -2.32. The van der Waals surface area contributed by atoms with Gasteiger partial charge in [-0.3, -0.25) is 15.2 Å². The smallest absolute Gasteiger partial charge is 0.299 e. The van der Waals surface area contributed by atoms with Gasteiger partial charge in [-0.15, -0.1) is 0 Å². The molecule has 1 aliphatic rings. The van der Waals surface area contributed by atoms with Crippen LogP contribution in [-0.2, 0) is 6.54 Å². The molecule has 156 valence electrons. The van der Waals surface area contributed by atoms with Crippen LogP contribution in [0.2, 0.25) is 0 Å². The van der Waals surface area contributed by atoms with Crippen molar-refractivity contribution in [2.75, 3.05) is 18.4 Å². The molecule has 1 fully saturated rings. The van der Waals surface area contributed by atoms with Crippen molar-refractivity contribution < 1.29 is 4.79 Å². The summed E-state index contributed by atoms with van der Waals surface area (Å²) in [5.41, 5.74) is 6.02. The number of pyridine rings is 1. The third kappa shape index (κ3) is 5.20. The van der Waals surface area contributed by atoms with E-state index >= 15 is 0 Å². The molecule has 1 saturated heterocycles. The highest BCUT2D eigenvalue weighted by Gasteiger charge is 2.16. The lowest BCUT2D eigenvalue weighted by molar-refractivity contribution is 0.185. The number of nitrogens with one attached hydrogen (secondary N) is 2. The number of nitrogens with zero attached hydrogens (tertiary/aromatic N) is 4. The number of fused-ring (bicyclic) bond motifs is 1. The Kier molecular flexibility index (Phi) is 6.35. The van der Waals surface area contributed by atoms with Gasteiger partial charge in [0.1, 0.15) is 0 Å². The molecule has 3 heterocycles. The maximum Gasteiger partial charge on any atom is 0.341 e. The fraction of sp³-hybridized carbons (Fsp3) is 0.364. The van der Waals surface area contributed by atoms with Crippen molar-refractivity contribution in [1.82, 2.24) is 20.3 Å². The van der Waals surface area contributed by atoms with Crippen molar-refractivity contribution in [2.45, 2.75) is 33.2 Å². The molecule has 0 bridgehead atoms. The van der Waals surface area contributed by atoms with Crippen LogP contribution in [0.1, 0.15) is 37.9 Å². The van der Waals surface area contributed by atoms with E-state index in [4.69, 9.17) is 0 Å². The molecule has 2 amide bonds. The Bertz CT molecular complexity index is 1040. The monoisotopic (exact) mass is 422 g/mol. The first-order valence-electron chi connectivity index (χ1n) is 10.2. The van der Waals surface area contributed by atoms with Gasteiger partial charge in [-0.2, -0.15) is 5.10 Å². The minimum absolute atomic E-state index is 0.424. The molecule has 3 aromatic rings. The third-order valence-electron chi connectivity index (χ3n) is 5.32. The summed E-state index contributed by atoms with van der Waals surface area (Å²) in [5.74, 6) is 0.835. The molecule has 0 spiro atoms. The molecule has 2 N–H and O–H groups in total. The fourth-order valence-corrected chi connectivity index (χ4v) is 4.42. The van der Waals surface area contributed by atoms with Gasteiger partial charge in [0.2, 0.25) is 0 Å². The summed E-state index contributed by atoms with van der Waals surface area (Å²) >= 11 is 1.47. The number of anilines is 1. The van der Waals surface area contributed by atoms with E-state index < -0.39 is 6.03 Å². The molecule has 0 radical (unpaired) electrons. The Morgan fingerprint density at radius 2 is 2.10 bits per heavy atom. The van der Waals surface area contributed by atoms with Crippen molar-refractivity contribution in [3.8, 4) is 0 Å². The molecule has 1 aromatic carbocycles.